The van der Waals surface area contributed by atoms with Gasteiger partial charge < -0.3 is 24.5 Å². The number of carbonyl (C=O) groups is 2. The normalized spacial score (nSPS) is 22.6. The smallest absolute Gasteiger partial charge is 0.410 e. The third-order valence-corrected chi connectivity index (χ3v) is 6.56. The maximum Gasteiger partial charge on any atom is 0.410 e. The summed E-state index contributed by atoms with van der Waals surface area (Å²) in [6.07, 6.45) is 7.45. The molecular formula is C29H60N2O4. The number of allylic oxidation sites excluding steroid dienone is 1. The molecule has 35 heavy (non-hydrogen) atoms. The van der Waals surface area contributed by atoms with Crippen LogP contribution in [0.4, 0.5) is 4.79 Å². The topological polar surface area (TPSA) is 67.9 Å². The molecule has 1 N–H and O–H groups in total. The largest absolute Gasteiger partial charge is 0.444 e. The molecule has 0 aromatic rings. The van der Waals surface area contributed by atoms with E-state index >= 15 is 0 Å². The Bertz CT molecular complexity index is 710. The first-order valence-electron chi connectivity index (χ1n) is 13.5. The summed E-state index contributed by atoms with van der Waals surface area (Å²) >= 11 is 0. The molecular weight excluding hydrogens is 440 g/mol. The van der Waals surface area contributed by atoms with Gasteiger partial charge in [0.15, 0.2) is 0 Å². The number of piperidine rings is 1. The standard InChI is InChI=1S/C22H40N2O3.C7H14O.3H2/c1-7-26-19-14-18(9-8-17(19)2)15-23-16-22(6)10-12-24(13-11-22)20(25)27-21(3,4)5;1-6(8)5-7(2,3)4;;;/h9,17,19,23H,7-8,10-16H2,1-6H3;5H2,1-4H3;3*1H/t17-,19+;;;;/m1..../s1. The van der Waals surface area contributed by atoms with E-state index in [1.165, 1.54) is 5.57 Å². The van der Waals surface area contributed by atoms with E-state index in [4.69, 9.17) is 9.47 Å². The Morgan fingerprint density at radius 3 is 2.23 bits per heavy atom. The van der Waals surface area contributed by atoms with Gasteiger partial charge in [-0.15, -0.1) is 0 Å². The van der Waals surface area contributed by atoms with Gasteiger partial charge in [0.1, 0.15) is 11.4 Å². The summed E-state index contributed by atoms with van der Waals surface area (Å²) in [6, 6.07) is 0. The van der Waals surface area contributed by atoms with Crippen molar-refractivity contribution < 1.29 is 23.3 Å². The lowest BCUT2D eigenvalue weighted by Gasteiger charge is -2.40. The molecule has 1 aliphatic heterocycles. The van der Waals surface area contributed by atoms with Gasteiger partial charge in [0, 0.05) is 43.5 Å². The number of likely N-dealkylation sites (tertiary alicyclic amines) is 1. The van der Waals surface area contributed by atoms with E-state index in [0.717, 1.165) is 58.5 Å². The minimum atomic E-state index is -0.427. The lowest BCUT2D eigenvalue weighted by Crippen LogP contribution is -2.47. The quantitative estimate of drug-likeness (QED) is 0.377. The van der Waals surface area contributed by atoms with E-state index in [9.17, 15) is 9.59 Å². The van der Waals surface area contributed by atoms with Crippen LogP contribution in [0.2, 0.25) is 0 Å². The molecule has 2 atom stereocenters. The summed E-state index contributed by atoms with van der Waals surface area (Å²) in [4.78, 5) is 24.5. The number of carbonyl (C=O) groups excluding carboxylic acids is 2. The van der Waals surface area contributed by atoms with Crippen molar-refractivity contribution in [2.75, 3.05) is 32.8 Å². The van der Waals surface area contributed by atoms with Gasteiger partial charge >= 0.3 is 6.09 Å². The maximum absolute atomic E-state index is 12.2. The summed E-state index contributed by atoms with van der Waals surface area (Å²) in [5.74, 6) is 0.890. The van der Waals surface area contributed by atoms with Gasteiger partial charge in [-0.3, -0.25) is 0 Å². The molecule has 0 unspecified atom stereocenters. The lowest BCUT2D eigenvalue weighted by atomic mass is 9.80. The molecule has 0 aromatic heterocycles. The van der Waals surface area contributed by atoms with Gasteiger partial charge in [-0.1, -0.05) is 46.3 Å². The summed E-state index contributed by atoms with van der Waals surface area (Å²) < 4.78 is 11.4. The highest BCUT2D eigenvalue weighted by molar-refractivity contribution is 5.76. The van der Waals surface area contributed by atoms with E-state index in [2.05, 4.69) is 52.9 Å². The van der Waals surface area contributed by atoms with E-state index in [1.54, 1.807) is 6.92 Å². The van der Waals surface area contributed by atoms with Crippen LogP contribution in [-0.2, 0) is 14.3 Å². The van der Waals surface area contributed by atoms with Crippen LogP contribution in [0, 0.1) is 16.7 Å². The lowest BCUT2D eigenvalue weighted by molar-refractivity contribution is -0.118. The fourth-order valence-corrected chi connectivity index (χ4v) is 4.63. The number of rotatable bonds is 7. The second-order valence-electron chi connectivity index (χ2n) is 13.1. The van der Waals surface area contributed by atoms with Crippen LogP contribution in [0.1, 0.15) is 106 Å². The average Bonchev–Trinajstić information content (AvgIpc) is 2.68. The van der Waals surface area contributed by atoms with Crippen LogP contribution < -0.4 is 5.32 Å². The molecule has 6 heteroatoms. The Hall–Kier alpha value is -1.40. The van der Waals surface area contributed by atoms with E-state index in [1.807, 2.05) is 25.7 Å². The van der Waals surface area contributed by atoms with Gasteiger partial charge in [0.25, 0.3) is 0 Å². The molecule has 1 saturated heterocycles. The molecule has 210 valence electrons. The van der Waals surface area contributed by atoms with Gasteiger partial charge in [-0.05, 0) is 77.0 Å². The first-order valence-corrected chi connectivity index (χ1v) is 13.5. The fourth-order valence-electron chi connectivity index (χ4n) is 4.63. The number of nitrogens with zero attached hydrogens (tertiary/aromatic N) is 1. The van der Waals surface area contributed by atoms with Crippen LogP contribution >= 0.6 is 0 Å². The van der Waals surface area contributed by atoms with Crippen molar-refractivity contribution >= 4 is 11.9 Å². The van der Waals surface area contributed by atoms with Crippen molar-refractivity contribution in [3.63, 3.8) is 0 Å². The van der Waals surface area contributed by atoms with Crippen LogP contribution in [-0.4, -0.2) is 61.3 Å². The third-order valence-electron chi connectivity index (χ3n) is 6.56. The summed E-state index contributed by atoms with van der Waals surface area (Å²) in [7, 11) is 0. The molecule has 1 heterocycles. The highest BCUT2D eigenvalue weighted by Gasteiger charge is 2.33. The number of amides is 1. The summed E-state index contributed by atoms with van der Waals surface area (Å²) in [5.41, 5.74) is 1.46. The number of nitrogens with one attached hydrogen (secondary N) is 1. The molecule has 0 saturated carbocycles. The molecule has 6 nitrogen and oxygen atoms in total. The van der Waals surface area contributed by atoms with Gasteiger partial charge in [-0.25, -0.2) is 4.79 Å². The van der Waals surface area contributed by atoms with Crippen LogP contribution in [0.25, 0.3) is 0 Å². The van der Waals surface area contributed by atoms with Gasteiger partial charge in [-0.2, -0.15) is 0 Å². The molecule has 1 amide bonds. The van der Waals surface area contributed by atoms with E-state index in [0.29, 0.717) is 18.4 Å². The fraction of sp³-hybridized carbons (Fsp3) is 0.862. The highest BCUT2D eigenvalue weighted by Crippen LogP contribution is 2.31. The zero-order valence-electron chi connectivity index (χ0n) is 24.4. The minimum Gasteiger partial charge on any atom is -0.444 e. The second kappa shape index (κ2) is 13.8. The Balaban J connectivity index is -0.000000973. The van der Waals surface area contributed by atoms with Crippen LogP contribution in [0.15, 0.2) is 11.6 Å². The Morgan fingerprint density at radius 1 is 1.17 bits per heavy atom. The van der Waals surface area contributed by atoms with Crippen molar-refractivity contribution in [1.82, 2.24) is 10.2 Å². The van der Waals surface area contributed by atoms with Crippen molar-refractivity contribution in [2.24, 2.45) is 16.7 Å². The zero-order valence-corrected chi connectivity index (χ0v) is 24.4. The Kier molecular flexibility index (Phi) is 12.5. The van der Waals surface area contributed by atoms with Crippen molar-refractivity contribution in [3.05, 3.63) is 11.6 Å². The number of ketones is 1. The zero-order chi connectivity index (χ0) is 26.9. The highest BCUT2D eigenvalue weighted by atomic mass is 16.6. The molecule has 0 spiro atoms. The molecule has 0 aromatic carbocycles. The van der Waals surface area contributed by atoms with Gasteiger partial charge in [0.05, 0.1) is 6.10 Å². The molecule has 0 bridgehead atoms. The minimum absolute atomic E-state index is 0. The van der Waals surface area contributed by atoms with Crippen LogP contribution in [0.5, 0.6) is 0 Å². The van der Waals surface area contributed by atoms with E-state index < -0.39 is 5.60 Å². The number of hydrogen-bond donors (Lipinski definition) is 1. The third kappa shape index (κ3) is 13.5. The van der Waals surface area contributed by atoms with Crippen molar-refractivity contribution in [2.45, 2.75) is 113 Å². The molecule has 1 fully saturated rings. The SMILES string of the molecule is CC(=O)CC(C)(C)C.CCO[C@H]1CC(CNCC2(C)CCN(C(=O)OC(C)(C)C)CC2)=CC[C@H]1C.[HH].[HH].[HH]. The number of hydrogen-bond acceptors (Lipinski definition) is 5. The second-order valence-corrected chi connectivity index (χ2v) is 13.1. The first kappa shape index (κ1) is 31.6. The van der Waals surface area contributed by atoms with Crippen molar-refractivity contribution in [1.29, 1.82) is 0 Å². The predicted molar refractivity (Wildman–Crippen MR) is 151 cm³/mol. The molecule has 0 radical (unpaired) electrons. The van der Waals surface area contributed by atoms with Gasteiger partial charge in [0.2, 0.25) is 0 Å². The predicted octanol–water partition coefficient (Wildman–Crippen LogP) is 7.12. The van der Waals surface area contributed by atoms with Crippen molar-refractivity contribution in [3.8, 4) is 0 Å². The first-order chi connectivity index (χ1) is 16.0. The summed E-state index contributed by atoms with van der Waals surface area (Å²) in [5, 5.41) is 3.67. The number of Topliss-reactive ketones (excluding diaryl/α,β-unsaturated/α-hetero) is 1. The van der Waals surface area contributed by atoms with E-state index in [-0.39, 0.29) is 27.0 Å². The Labute approximate surface area is 220 Å². The van der Waals surface area contributed by atoms with Crippen LogP contribution in [0.3, 0.4) is 0 Å². The molecule has 2 aliphatic rings. The average molecular weight is 501 g/mol. The maximum atomic E-state index is 12.2. The number of ether oxygens (including phenoxy) is 2. The molecule has 1 aliphatic carbocycles. The molecule has 2 rings (SSSR count). The Morgan fingerprint density at radius 2 is 1.77 bits per heavy atom. The monoisotopic (exact) mass is 500 g/mol. The summed E-state index contributed by atoms with van der Waals surface area (Å²) in [6.45, 7) is 24.5.